The van der Waals surface area contributed by atoms with Gasteiger partial charge in [-0.1, -0.05) is 63.3 Å². The SMILES string of the molecule is CCCCCCCCNc1ccc(N=Nc2ccc([N+](=O)[O-])cc2)c2ccccc12. The first-order valence-corrected chi connectivity index (χ1v) is 10.6. The quantitative estimate of drug-likeness (QED) is 0.152. The molecule has 3 aromatic rings. The summed E-state index contributed by atoms with van der Waals surface area (Å²) >= 11 is 0. The third-order valence-electron chi connectivity index (χ3n) is 5.08. The van der Waals surface area contributed by atoms with Crippen molar-refractivity contribution in [2.75, 3.05) is 11.9 Å². The molecule has 0 fully saturated rings. The van der Waals surface area contributed by atoms with Gasteiger partial charge in [0.25, 0.3) is 5.69 Å². The maximum atomic E-state index is 10.8. The highest BCUT2D eigenvalue weighted by molar-refractivity contribution is 6.00. The summed E-state index contributed by atoms with van der Waals surface area (Å²) in [6.07, 6.45) is 7.66. The lowest BCUT2D eigenvalue weighted by molar-refractivity contribution is -0.384. The molecule has 0 unspecified atom stereocenters. The van der Waals surface area contributed by atoms with E-state index >= 15 is 0 Å². The van der Waals surface area contributed by atoms with E-state index in [0.29, 0.717) is 5.69 Å². The second-order valence-electron chi connectivity index (χ2n) is 7.35. The van der Waals surface area contributed by atoms with Crippen molar-refractivity contribution in [3.63, 3.8) is 0 Å². The van der Waals surface area contributed by atoms with Crippen molar-refractivity contribution in [1.29, 1.82) is 0 Å². The van der Waals surface area contributed by atoms with Gasteiger partial charge in [-0.3, -0.25) is 10.1 Å². The van der Waals surface area contributed by atoms with E-state index < -0.39 is 4.92 Å². The molecule has 0 saturated carbocycles. The van der Waals surface area contributed by atoms with Gasteiger partial charge < -0.3 is 5.32 Å². The molecule has 3 rings (SSSR count). The van der Waals surface area contributed by atoms with Crippen molar-refractivity contribution < 1.29 is 4.92 Å². The van der Waals surface area contributed by atoms with Crippen LogP contribution >= 0.6 is 0 Å². The first kappa shape index (κ1) is 21.4. The number of benzene rings is 3. The fourth-order valence-electron chi connectivity index (χ4n) is 3.41. The number of nitrogens with one attached hydrogen (secondary N) is 1. The average Bonchev–Trinajstić information content (AvgIpc) is 2.78. The Hall–Kier alpha value is -3.28. The molecule has 0 bridgehead atoms. The highest BCUT2D eigenvalue weighted by Gasteiger charge is 2.06. The van der Waals surface area contributed by atoms with E-state index in [0.717, 1.165) is 28.7 Å². The Morgan fingerprint density at radius 2 is 1.53 bits per heavy atom. The zero-order valence-corrected chi connectivity index (χ0v) is 17.4. The Balaban J connectivity index is 1.68. The third-order valence-corrected chi connectivity index (χ3v) is 5.08. The minimum atomic E-state index is -0.425. The molecule has 0 atom stereocenters. The topological polar surface area (TPSA) is 79.9 Å². The number of nitro groups is 1. The smallest absolute Gasteiger partial charge is 0.269 e. The van der Waals surface area contributed by atoms with E-state index in [1.165, 1.54) is 50.7 Å². The number of unbranched alkanes of at least 4 members (excludes halogenated alkanes) is 5. The van der Waals surface area contributed by atoms with Gasteiger partial charge in [-0.2, -0.15) is 5.11 Å². The first-order chi connectivity index (χ1) is 14.7. The summed E-state index contributed by atoms with van der Waals surface area (Å²) in [7, 11) is 0. The Morgan fingerprint density at radius 1 is 0.833 bits per heavy atom. The molecular weight excluding hydrogens is 376 g/mol. The molecule has 0 amide bonds. The van der Waals surface area contributed by atoms with Crippen LogP contribution < -0.4 is 5.32 Å². The van der Waals surface area contributed by atoms with Crippen LogP contribution in [-0.2, 0) is 0 Å². The fraction of sp³-hybridized carbons (Fsp3) is 0.333. The van der Waals surface area contributed by atoms with Crippen LogP contribution in [-0.4, -0.2) is 11.5 Å². The summed E-state index contributed by atoms with van der Waals surface area (Å²) in [5, 5.41) is 25.1. The molecule has 6 nitrogen and oxygen atoms in total. The van der Waals surface area contributed by atoms with Gasteiger partial charge in [-0.25, -0.2) is 0 Å². The fourth-order valence-corrected chi connectivity index (χ4v) is 3.41. The molecular formula is C24H28N4O2. The summed E-state index contributed by atoms with van der Waals surface area (Å²) in [5.41, 5.74) is 2.50. The Bertz CT molecular complexity index is 1000. The summed E-state index contributed by atoms with van der Waals surface area (Å²) in [5.74, 6) is 0. The van der Waals surface area contributed by atoms with E-state index in [2.05, 4.69) is 28.5 Å². The van der Waals surface area contributed by atoms with Crippen molar-refractivity contribution in [3.05, 3.63) is 70.8 Å². The van der Waals surface area contributed by atoms with Crippen LogP contribution in [0.2, 0.25) is 0 Å². The first-order valence-electron chi connectivity index (χ1n) is 10.6. The lowest BCUT2D eigenvalue weighted by Crippen LogP contribution is -2.01. The Morgan fingerprint density at radius 3 is 2.27 bits per heavy atom. The predicted octanol–water partition coefficient (Wildman–Crippen LogP) is 7.94. The number of hydrogen-bond acceptors (Lipinski definition) is 5. The number of fused-ring (bicyclic) bond motifs is 1. The van der Waals surface area contributed by atoms with Crippen molar-refractivity contribution in [2.45, 2.75) is 45.4 Å². The summed E-state index contributed by atoms with van der Waals surface area (Å²) in [6, 6.07) is 18.2. The van der Waals surface area contributed by atoms with Gasteiger partial charge in [-0.15, -0.1) is 5.11 Å². The van der Waals surface area contributed by atoms with Crippen molar-refractivity contribution >= 4 is 33.5 Å². The molecule has 156 valence electrons. The zero-order valence-electron chi connectivity index (χ0n) is 17.4. The van der Waals surface area contributed by atoms with E-state index in [9.17, 15) is 10.1 Å². The highest BCUT2D eigenvalue weighted by atomic mass is 16.6. The molecule has 0 spiro atoms. The van der Waals surface area contributed by atoms with Gasteiger partial charge in [0.15, 0.2) is 0 Å². The second-order valence-corrected chi connectivity index (χ2v) is 7.35. The summed E-state index contributed by atoms with van der Waals surface area (Å²) in [4.78, 5) is 10.3. The maximum Gasteiger partial charge on any atom is 0.269 e. The number of non-ortho nitro benzene ring substituents is 1. The number of anilines is 1. The normalized spacial score (nSPS) is 11.2. The lowest BCUT2D eigenvalue weighted by Gasteiger charge is -2.11. The minimum Gasteiger partial charge on any atom is -0.385 e. The molecule has 1 N–H and O–H groups in total. The molecule has 0 aromatic heterocycles. The Kier molecular flexibility index (Phi) is 7.89. The van der Waals surface area contributed by atoms with Crippen molar-refractivity contribution in [2.24, 2.45) is 10.2 Å². The summed E-state index contributed by atoms with van der Waals surface area (Å²) < 4.78 is 0. The van der Waals surface area contributed by atoms with E-state index in [4.69, 9.17) is 0 Å². The molecule has 0 aliphatic rings. The van der Waals surface area contributed by atoms with Crippen LogP contribution in [0, 0.1) is 10.1 Å². The predicted molar refractivity (Wildman–Crippen MR) is 123 cm³/mol. The van der Waals surface area contributed by atoms with E-state index in [-0.39, 0.29) is 5.69 Å². The average molecular weight is 405 g/mol. The van der Waals surface area contributed by atoms with Gasteiger partial charge in [-0.05, 0) is 30.7 Å². The van der Waals surface area contributed by atoms with Crippen LogP contribution in [0.3, 0.4) is 0 Å². The molecule has 0 heterocycles. The molecule has 3 aromatic carbocycles. The molecule has 30 heavy (non-hydrogen) atoms. The van der Waals surface area contributed by atoms with Crippen LogP contribution in [0.15, 0.2) is 70.9 Å². The lowest BCUT2D eigenvalue weighted by atomic mass is 10.1. The van der Waals surface area contributed by atoms with Crippen LogP contribution in [0.4, 0.5) is 22.7 Å². The number of nitro benzene ring substituents is 1. The molecule has 0 aliphatic carbocycles. The molecule has 0 radical (unpaired) electrons. The van der Waals surface area contributed by atoms with Crippen molar-refractivity contribution in [1.82, 2.24) is 0 Å². The highest BCUT2D eigenvalue weighted by Crippen LogP contribution is 2.33. The number of hydrogen-bond donors (Lipinski definition) is 1. The van der Waals surface area contributed by atoms with Crippen LogP contribution in [0.25, 0.3) is 10.8 Å². The van der Waals surface area contributed by atoms with Gasteiger partial charge in [0.05, 0.1) is 16.3 Å². The van der Waals surface area contributed by atoms with Crippen molar-refractivity contribution in [3.8, 4) is 0 Å². The Labute approximate surface area is 177 Å². The largest absolute Gasteiger partial charge is 0.385 e. The standard InChI is InChI=1S/C24H28N4O2/c1-2-3-4-5-6-9-18-25-23-16-17-24(22-11-8-7-10-21(22)23)27-26-19-12-14-20(15-13-19)28(29)30/h7-8,10-17,25H,2-6,9,18H2,1H3. The minimum absolute atomic E-state index is 0.0418. The maximum absolute atomic E-state index is 10.8. The summed E-state index contributed by atoms with van der Waals surface area (Å²) in [6.45, 7) is 3.20. The molecule has 0 saturated heterocycles. The number of azo groups is 1. The zero-order chi connectivity index (χ0) is 21.2. The monoisotopic (exact) mass is 404 g/mol. The van der Waals surface area contributed by atoms with Gasteiger partial charge in [0.1, 0.15) is 0 Å². The number of rotatable bonds is 11. The van der Waals surface area contributed by atoms with Gasteiger partial charge in [0, 0.05) is 35.1 Å². The van der Waals surface area contributed by atoms with E-state index in [1.807, 2.05) is 30.3 Å². The van der Waals surface area contributed by atoms with Gasteiger partial charge in [0.2, 0.25) is 0 Å². The van der Waals surface area contributed by atoms with E-state index in [1.54, 1.807) is 12.1 Å². The van der Waals surface area contributed by atoms with Crippen LogP contribution in [0.5, 0.6) is 0 Å². The van der Waals surface area contributed by atoms with Crippen LogP contribution in [0.1, 0.15) is 45.4 Å². The second kappa shape index (κ2) is 11.0. The van der Waals surface area contributed by atoms with Gasteiger partial charge >= 0.3 is 0 Å². The number of nitrogens with zero attached hydrogens (tertiary/aromatic N) is 3. The molecule has 6 heteroatoms. The molecule has 0 aliphatic heterocycles. The third kappa shape index (κ3) is 5.86.